The van der Waals surface area contributed by atoms with Gasteiger partial charge in [-0.1, -0.05) is 6.07 Å². The summed E-state index contributed by atoms with van der Waals surface area (Å²) in [5, 5.41) is 3.11. The smallest absolute Gasteiger partial charge is 0.255 e. The van der Waals surface area contributed by atoms with Crippen molar-refractivity contribution in [1.82, 2.24) is 9.47 Å². The zero-order valence-corrected chi connectivity index (χ0v) is 12.8. The van der Waals surface area contributed by atoms with Gasteiger partial charge in [0, 0.05) is 42.8 Å². The molecule has 3 rings (SSSR count). The van der Waals surface area contributed by atoms with Crippen molar-refractivity contribution in [2.45, 2.75) is 12.5 Å². The molecule has 6 nitrogen and oxygen atoms in total. The number of hydrogen-bond donors (Lipinski definition) is 2. The molecule has 23 heavy (non-hydrogen) atoms. The van der Waals surface area contributed by atoms with Gasteiger partial charge in [0.15, 0.2) is 0 Å². The lowest BCUT2D eigenvalue weighted by molar-refractivity contribution is -0.128. The summed E-state index contributed by atoms with van der Waals surface area (Å²) in [6, 6.07) is 12.6. The number of aromatic nitrogens is 1. The number of hydrogen-bond acceptors (Lipinski definition) is 4. The lowest BCUT2D eigenvalue weighted by atomic mass is 10.2. The Hall–Kier alpha value is -2.60. The highest BCUT2D eigenvalue weighted by atomic mass is 16.2. The maximum absolute atomic E-state index is 12.1. The van der Waals surface area contributed by atoms with Crippen LogP contribution in [0.3, 0.4) is 0 Å². The monoisotopic (exact) mass is 312 g/mol. The predicted octanol–water partition coefficient (Wildman–Crippen LogP) is 0.809. The highest BCUT2D eigenvalue weighted by molar-refractivity contribution is 5.81. The number of likely N-dealkylation sites (tertiary alicyclic amines) is 1. The van der Waals surface area contributed by atoms with Crippen LogP contribution in [0.15, 0.2) is 53.5 Å². The molecule has 6 heteroatoms. The number of pyridine rings is 1. The summed E-state index contributed by atoms with van der Waals surface area (Å²) in [5.74, 6) is 0.0568. The van der Waals surface area contributed by atoms with Gasteiger partial charge in [0.2, 0.25) is 5.91 Å². The van der Waals surface area contributed by atoms with E-state index in [4.69, 9.17) is 5.73 Å². The molecule has 3 N–H and O–H groups in total. The van der Waals surface area contributed by atoms with Crippen molar-refractivity contribution in [2.75, 3.05) is 25.0 Å². The van der Waals surface area contributed by atoms with Crippen LogP contribution in [0, 0.1) is 0 Å². The van der Waals surface area contributed by atoms with Gasteiger partial charge in [0.1, 0.15) is 0 Å². The quantitative estimate of drug-likeness (QED) is 0.875. The predicted molar refractivity (Wildman–Crippen MR) is 89.7 cm³/mol. The van der Waals surface area contributed by atoms with Gasteiger partial charge in [-0.25, -0.2) is 0 Å². The number of benzene rings is 1. The normalized spacial score (nSPS) is 17.3. The van der Waals surface area contributed by atoms with Gasteiger partial charge in [0.25, 0.3) is 5.56 Å². The van der Waals surface area contributed by atoms with E-state index < -0.39 is 0 Å². The number of nitrogens with zero attached hydrogens (tertiary/aromatic N) is 2. The number of nitrogens with two attached hydrogens (primary N) is 1. The molecule has 1 saturated heterocycles. The summed E-state index contributed by atoms with van der Waals surface area (Å²) >= 11 is 0. The van der Waals surface area contributed by atoms with E-state index in [1.54, 1.807) is 21.7 Å². The Kier molecular flexibility index (Phi) is 4.43. The fraction of sp³-hybridized carbons (Fsp3) is 0.294. The highest BCUT2D eigenvalue weighted by Gasteiger charge is 2.22. The number of rotatable bonds is 4. The van der Waals surface area contributed by atoms with E-state index in [2.05, 4.69) is 5.32 Å². The number of carbonyl (C=O) groups is 1. The van der Waals surface area contributed by atoms with E-state index in [1.165, 1.54) is 6.07 Å². The highest BCUT2D eigenvalue weighted by Crippen LogP contribution is 2.12. The van der Waals surface area contributed by atoms with Crippen molar-refractivity contribution in [3.63, 3.8) is 0 Å². The van der Waals surface area contributed by atoms with E-state index >= 15 is 0 Å². The van der Waals surface area contributed by atoms with E-state index in [9.17, 15) is 9.59 Å². The summed E-state index contributed by atoms with van der Waals surface area (Å²) in [4.78, 5) is 25.6. The largest absolute Gasteiger partial charge is 0.376 e. The zero-order chi connectivity index (χ0) is 16.2. The summed E-state index contributed by atoms with van der Waals surface area (Å²) in [6.07, 6.45) is 2.59. The third-order valence-corrected chi connectivity index (χ3v) is 3.99. The van der Waals surface area contributed by atoms with Crippen LogP contribution in [0.25, 0.3) is 5.69 Å². The first-order chi connectivity index (χ1) is 11.1. The summed E-state index contributed by atoms with van der Waals surface area (Å²) in [6.45, 7) is 1.62. The SMILES string of the molecule is N[C@@H]1CCN(C(=O)CNc2ccc(-n3ccccc3=O)cc2)C1. The van der Waals surface area contributed by atoms with Crippen LogP contribution in [0.4, 0.5) is 5.69 Å². The molecule has 1 aromatic carbocycles. The number of nitrogens with one attached hydrogen (secondary N) is 1. The first-order valence-electron chi connectivity index (χ1n) is 7.69. The lowest BCUT2D eigenvalue weighted by Gasteiger charge is -2.16. The lowest BCUT2D eigenvalue weighted by Crippen LogP contribution is -2.35. The standard InChI is InChI=1S/C17H20N4O2/c18-13-8-10-20(12-13)17(23)11-19-14-4-6-15(7-5-14)21-9-2-1-3-16(21)22/h1-7,9,13,19H,8,10-12,18H2/t13-/m1/s1. The van der Waals surface area contributed by atoms with Gasteiger partial charge < -0.3 is 16.0 Å². The maximum atomic E-state index is 12.1. The number of amides is 1. The minimum Gasteiger partial charge on any atom is -0.376 e. The van der Waals surface area contributed by atoms with Gasteiger partial charge in [0.05, 0.1) is 6.54 Å². The van der Waals surface area contributed by atoms with Crippen LogP contribution in [0.5, 0.6) is 0 Å². The molecular weight excluding hydrogens is 292 g/mol. The van der Waals surface area contributed by atoms with Crippen molar-refractivity contribution in [3.05, 3.63) is 59.0 Å². The van der Waals surface area contributed by atoms with Crippen LogP contribution in [0.2, 0.25) is 0 Å². The summed E-state index contributed by atoms with van der Waals surface area (Å²) in [7, 11) is 0. The molecular formula is C17H20N4O2. The Balaban J connectivity index is 1.61. The molecule has 0 saturated carbocycles. The van der Waals surface area contributed by atoms with Crippen LogP contribution >= 0.6 is 0 Å². The van der Waals surface area contributed by atoms with Gasteiger partial charge in [-0.15, -0.1) is 0 Å². The van der Waals surface area contributed by atoms with Crippen molar-refractivity contribution in [1.29, 1.82) is 0 Å². The average Bonchev–Trinajstić information content (AvgIpc) is 3.00. The van der Waals surface area contributed by atoms with E-state index in [-0.39, 0.29) is 24.1 Å². The van der Waals surface area contributed by atoms with Crippen LogP contribution in [0.1, 0.15) is 6.42 Å². The minimum atomic E-state index is -0.0752. The van der Waals surface area contributed by atoms with Crippen LogP contribution in [-0.4, -0.2) is 41.1 Å². The summed E-state index contributed by atoms with van der Waals surface area (Å²) in [5.41, 5.74) is 7.37. The second kappa shape index (κ2) is 6.66. The Morgan fingerprint density at radius 1 is 1.22 bits per heavy atom. The second-order valence-electron chi connectivity index (χ2n) is 5.70. The second-order valence-corrected chi connectivity index (χ2v) is 5.70. The Bertz CT molecular complexity index is 739. The van der Waals surface area contributed by atoms with Gasteiger partial charge in [-0.2, -0.15) is 0 Å². The van der Waals surface area contributed by atoms with Crippen molar-refractivity contribution < 1.29 is 4.79 Å². The fourth-order valence-electron chi connectivity index (χ4n) is 2.68. The van der Waals surface area contributed by atoms with Crippen LogP contribution < -0.4 is 16.6 Å². The van der Waals surface area contributed by atoms with E-state index in [1.807, 2.05) is 30.3 Å². The fourth-order valence-corrected chi connectivity index (χ4v) is 2.68. The molecule has 1 amide bonds. The topological polar surface area (TPSA) is 80.4 Å². The van der Waals surface area contributed by atoms with E-state index in [0.29, 0.717) is 6.54 Å². The third kappa shape index (κ3) is 3.60. The van der Waals surface area contributed by atoms with Gasteiger partial charge >= 0.3 is 0 Å². The Morgan fingerprint density at radius 3 is 2.65 bits per heavy atom. The molecule has 0 aliphatic carbocycles. The first kappa shape index (κ1) is 15.3. The molecule has 0 unspecified atom stereocenters. The molecule has 120 valence electrons. The van der Waals surface area contributed by atoms with Crippen molar-refractivity contribution in [3.8, 4) is 5.69 Å². The van der Waals surface area contributed by atoms with Crippen molar-refractivity contribution >= 4 is 11.6 Å². The average molecular weight is 312 g/mol. The van der Waals surface area contributed by atoms with Crippen molar-refractivity contribution in [2.24, 2.45) is 5.73 Å². The zero-order valence-electron chi connectivity index (χ0n) is 12.8. The molecule has 0 radical (unpaired) electrons. The molecule has 1 aromatic heterocycles. The van der Waals surface area contributed by atoms with Crippen LogP contribution in [-0.2, 0) is 4.79 Å². The molecule has 1 atom stereocenters. The number of anilines is 1. The Labute approximate surface area is 134 Å². The van der Waals surface area contributed by atoms with E-state index in [0.717, 1.165) is 24.3 Å². The molecule has 1 aliphatic heterocycles. The van der Waals surface area contributed by atoms with Gasteiger partial charge in [-0.05, 0) is 36.8 Å². The minimum absolute atomic E-state index is 0.0568. The Morgan fingerprint density at radius 2 is 2.00 bits per heavy atom. The number of carbonyl (C=O) groups excluding carboxylic acids is 1. The molecule has 1 aliphatic rings. The van der Waals surface area contributed by atoms with Gasteiger partial charge in [-0.3, -0.25) is 14.2 Å². The molecule has 2 heterocycles. The first-order valence-corrected chi connectivity index (χ1v) is 7.69. The molecule has 2 aromatic rings. The molecule has 0 bridgehead atoms. The molecule has 0 spiro atoms. The third-order valence-electron chi connectivity index (χ3n) is 3.99. The summed E-state index contributed by atoms with van der Waals surface area (Å²) < 4.78 is 1.57. The molecule has 1 fully saturated rings. The maximum Gasteiger partial charge on any atom is 0.255 e.